The number of benzene rings is 1. The quantitative estimate of drug-likeness (QED) is 0.869. The lowest BCUT2D eigenvalue weighted by Gasteiger charge is -2.05. The maximum atomic E-state index is 5.91. The van der Waals surface area contributed by atoms with Crippen molar-refractivity contribution in [1.82, 2.24) is 15.3 Å². The van der Waals surface area contributed by atoms with Crippen LogP contribution in [0.4, 0.5) is 0 Å². The second-order valence-corrected chi connectivity index (χ2v) is 5.17. The molecule has 1 unspecified atom stereocenters. The first-order valence-corrected chi connectivity index (χ1v) is 6.67. The molecule has 0 radical (unpaired) electrons. The van der Waals surface area contributed by atoms with E-state index in [0.717, 1.165) is 40.8 Å². The lowest BCUT2D eigenvalue weighted by molar-refractivity contribution is 0.612. The van der Waals surface area contributed by atoms with Crippen LogP contribution >= 0.6 is 11.6 Å². The average molecular weight is 262 g/mol. The number of aromatic nitrogens is 2. The third-order valence-corrected chi connectivity index (χ3v) is 3.68. The summed E-state index contributed by atoms with van der Waals surface area (Å²) in [7, 11) is 0. The summed E-state index contributed by atoms with van der Waals surface area (Å²) in [6, 6.07) is 8.24. The number of nitrogens with zero attached hydrogens (tertiary/aromatic N) is 1. The molecule has 1 atom stereocenters. The smallest absolute Gasteiger partial charge is 0.124 e. The summed E-state index contributed by atoms with van der Waals surface area (Å²) in [5.74, 6) is 1.05. The molecule has 1 fully saturated rings. The minimum atomic E-state index is 0.379. The number of aryl methyl sites for hydroxylation is 1. The Hall–Kier alpha value is -1.32. The number of aromatic amines is 1. The molecule has 2 N–H and O–H groups in total. The zero-order valence-electron chi connectivity index (χ0n) is 10.3. The van der Waals surface area contributed by atoms with E-state index in [-0.39, 0.29) is 0 Å². The number of nitrogens with one attached hydrogen (secondary N) is 2. The number of hydrogen-bond donors (Lipinski definition) is 2. The van der Waals surface area contributed by atoms with E-state index in [1.165, 1.54) is 6.42 Å². The zero-order valence-corrected chi connectivity index (χ0v) is 11.1. The highest BCUT2D eigenvalue weighted by Gasteiger charge is 2.20. The van der Waals surface area contributed by atoms with Gasteiger partial charge < -0.3 is 10.3 Å². The number of halogens is 1. The van der Waals surface area contributed by atoms with Crippen molar-refractivity contribution in [2.75, 3.05) is 6.54 Å². The summed E-state index contributed by atoms with van der Waals surface area (Å²) in [4.78, 5) is 8.08. The van der Waals surface area contributed by atoms with Gasteiger partial charge in [-0.2, -0.15) is 0 Å². The standard InChI is InChI=1S/C14H16ClN3/c1-9-13(10-4-6-11(15)7-5-10)18-14(17-9)12-3-2-8-16-12/h4-7,12,16H,2-3,8H2,1H3,(H,17,18). The van der Waals surface area contributed by atoms with E-state index in [9.17, 15) is 0 Å². The van der Waals surface area contributed by atoms with E-state index in [1.54, 1.807) is 0 Å². The molecule has 0 amide bonds. The highest BCUT2D eigenvalue weighted by Crippen LogP contribution is 2.27. The van der Waals surface area contributed by atoms with Crippen molar-refractivity contribution in [3.05, 3.63) is 40.8 Å². The van der Waals surface area contributed by atoms with Gasteiger partial charge in [0.05, 0.1) is 17.4 Å². The fourth-order valence-electron chi connectivity index (χ4n) is 2.46. The third-order valence-electron chi connectivity index (χ3n) is 3.43. The predicted molar refractivity (Wildman–Crippen MR) is 73.7 cm³/mol. The van der Waals surface area contributed by atoms with Gasteiger partial charge in [-0.05, 0) is 44.0 Å². The molecule has 18 heavy (non-hydrogen) atoms. The molecule has 3 rings (SSSR count). The topological polar surface area (TPSA) is 40.7 Å². The Morgan fingerprint density at radius 3 is 2.72 bits per heavy atom. The molecular formula is C14H16ClN3. The van der Waals surface area contributed by atoms with Crippen molar-refractivity contribution in [2.45, 2.75) is 25.8 Å². The van der Waals surface area contributed by atoms with Gasteiger partial charge in [0, 0.05) is 5.02 Å². The highest BCUT2D eigenvalue weighted by molar-refractivity contribution is 6.30. The largest absolute Gasteiger partial charge is 0.340 e. The Balaban J connectivity index is 1.94. The first-order chi connectivity index (χ1) is 8.74. The van der Waals surface area contributed by atoms with E-state index >= 15 is 0 Å². The molecule has 1 aromatic heterocycles. The van der Waals surface area contributed by atoms with Crippen LogP contribution in [0.2, 0.25) is 5.02 Å². The summed E-state index contributed by atoms with van der Waals surface area (Å²) in [6.07, 6.45) is 2.38. The minimum absolute atomic E-state index is 0.379. The Morgan fingerprint density at radius 1 is 1.28 bits per heavy atom. The maximum Gasteiger partial charge on any atom is 0.124 e. The SMILES string of the molecule is Cc1nc(C2CCCN2)[nH]c1-c1ccc(Cl)cc1. The number of H-pyrrole nitrogens is 1. The van der Waals surface area contributed by atoms with Crippen LogP contribution < -0.4 is 5.32 Å². The van der Waals surface area contributed by atoms with Gasteiger partial charge in [0.15, 0.2) is 0 Å². The van der Waals surface area contributed by atoms with Crippen LogP contribution in [0.15, 0.2) is 24.3 Å². The van der Waals surface area contributed by atoms with E-state index in [0.29, 0.717) is 6.04 Å². The molecule has 4 heteroatoms. The molecule has 1 aliphatic rings. The van der Waals surface area contributed by atoms with E-state index in [4.69, 9.17) is 11.6 Å². The first kappa shape index (κ1) is 11.8. The molecule has 0 aliphatic carbocycles. The van der Waals surface area contributed by atoms with Gasteiger partial charge >= 0.3 is 0 Å². The maximum absolute atomic E-state index is 5.91. The predicted octanol–water partition coefficient (Wildman–Crippen LogP) is 3.46. The molecule has 2 heterocycles. The Bertz CT molecular complexity index is 539. The second-order valence-electron chi connectivity index (χ2n) is 4.74. The van der Waals surface area contributed by atoms with Gasteiger partial charge in [-0.3, -0.25) is 0 Å². The fourth-order valence-corrected chi connectivity index (χ4v) is 2.59. The van der Waals surface area contributed by atoms with Gasteiger partial charge in [0.25, 0.3) is 0 Å². The van der Waals surface area contributed by atoms with Gasteiger partial charge in [-0.1, -0.05) is 23.7 Å². The van der Waals surface area contributed by atoms with Gasteiger partial charge in [0.1, 0.15) is 5.82 Å². The molecule has 0 saturated carbocycles. The second kappa shape index (κ2) is 4.75. The molecular weight excluding hydrogens is 246 g/mol. The average Bonchev–Trinajstić information content (AvgIpc) is 2.99. The molecule has 1 aromatic carbocycles. The van der Waals surface area contributed by atoms with Crippen molar-refractivity contribution in [2.24, 2.45) is 0 Å². The Labute approximate surface area is 112 Å². The summed E-state index contributed by atoms with van der Waals surface area (Å²) >= 11 is 5.91. The van der Waals surface area contributed by atoms with Crippen molar-refractivity contribution in [3.8, 4) is 11.3 Å². The van der Waals surface area contributed by atoms with Crippen LogP contribution in [0.25, 0.3) is 11.3 Å². The highest BCUT2D eigenvalue weighted by atomic mass is 35.5. The van der Waals surface area contributed by atoms with E-state index in [2.05, 4.69) is 15.3 Å². The molecule has 3 nitrogen and oxygen atoms in total. The number of hydrogen-bond acceptors (Lipinski definition) is 2. The van der Waals surface area contributed by atoms with Crippen molar-refractivity contribution in [1.29, 1.82) is 0 Å². The van der Waals surface area contributed by atoms with Crippen molar-refractivity contribution >= 4 is 11.6 Å². The van der Waals surface area contributed by atoms with Crippen LogP contribution in [0.1, 0.15) is 30.4 Å². The molecule has 0 bridgehead atoms. The van der Waals surface area contributed by atoms with Gasteiger partial charge in [-0.15, -0.1) is 0 Å². The monoisotopic (exact) mass is 261 g/mol. The summed E-state index contributed by atoms with van der Waals surface area (Å²) in [5, 5.41) is 4.22. The van der Waals surface area contributed by atoms with Gasteiger partial charge in [-0.25, -0.2) is 4.98 Å². The van der Waals surface area contributed by atoms with Crippen LogP contribution in [-0.4, -0.2) is 16.5 Å². The fraction of sp³-hybridized carbons (Fsp3) is 0.357. The van der Waals surface area contributed by atoms with E-state index < -0.39 is 0 Å². The summed E-state index contributed by atoms with van der Waals surface area (Å²) in [6.45, 7) is 3.12. The van der Waals surface area contributed by atoms with Gasteiger partial charge in [0.2, 0.25) is 0 Å². The Morgan fingerprint density at radius 2 is 2.06 bits per heavy atom. The third kappa shape index (κ3) is 2.16. The lowest BCUT2D eigenvalue weighted by Crippen LogP contribution is -2.14. The van der Waals surface area contributed by atoms with Crippen LogP contribution in [0, 0.1) is 6.92 Å². The van der Waals surface area contributed by atoms with E-state index in [1.807, 2.05) is 31.2 Å². The molecule has 1 aliphatic heterocycles. The minimum Gasteiger partial charge on any atom is -0.340 e. The first-order valence-electron chi connectivity index (χ1n) is 6.30. The number of rotatable bonds is 2. The number of imidazole rings is 1. The molecule has 94 valence electrons. The molecule has 0 spiro atoms. The summed E-state index contributed by atoms with van der Waals surface area (Å²) < 4.78 is 0. The van der Waals surface area contributed by atoms with Crippen LogP contribution in [0.5, 0.6) is 0 Å². The lowest BCUT2D eigenvalue weighted by atomic mass is 10.1. The van der Waals surface area contributed by atoms with Crippen molar-refractivity contribution in [3.63, 3.8) is 0 Å². The van der Waals surface area contributed by atoms with Crippen LogP contribution in [0.3, 0.4) is 0 Å². The molecule has 2 aromatic rings. The Kier molecular flexibility index (Phi) is 3.10. The zero-order chi connectivity index (χ0) is 12.5. The molecule has 1 saturated heterocycles. The van der Waals surface area contributed by atoms with Crippen molar-refractivity contribution < 1.29 is 0 Å². The normalized spacial score (nSPS) is 19.3. The van der Waals surface area contributed by atoms with Crippen LogP contribution in [-0.2, 0) is 0 Å². The summed E-state index contributed by atoms with van der Waals surface area (Å²) in [5.41, 5.74) is 3.27.